The number of carboxylic acid groups (broad SMARTS) is 2. The Balaban J connectivity index is 0.000000357. The fourth-order valence-corrected chi connectivity index (χ4v) is 4.88. The normalized spacial score (nSPS) is 14.3. The van der Waals surface area contributed by atoms with Crippen molar-refractivity contribution in [3.63, 3.8) is 0 Å². The van der Waals surface area contributed by atoms with Gasteiger partial charge in [0, 0.05) is 41.4 Å². The summed E-state index contributed by atoms with van der Waals surface area (Å²) in [5.41, 5.74) is 4.80. The number of benzene rings is 1. The maximum Gasteiger partial charge on any atom is 0.329 e. The molecule has 0 amide bonds. The Morgan fingerprint density at radius 3 is 2.50 bits per heavy atom. The zero-order valence-electron chi connectivity index (χ0n) is 22.3. The highest BCUT2D eigenvalue weighted by molar-refractivity contribution is 5.80. The lowest BCUT2D eigenvalue weighted by molar-refractivity contribution is -0.148. The number of hydrogen-bond acceptors (Lipinski definition) is 8. The predicted molar refractivity (Wildman–Crippen MR) is 143 cm³/mol. The molecule has 0 atom stereocenters. The maximum atomic E-state index is 13.4. The summed E-state index contributed by atoms with van der Waals surface area (Å²) < 4.78 is 24.6. The fourth-order valence-electron chi connectivity index (χ4n) is 4.88. The van der Waals surface area contributed by atoms with Gasteiger partial charge in [-0.3, -0.25) is 9.20 Å². The summed E-state index contributed by atoms with van der Waals surface area (Å²) in [6.07, 6.45) is 4.41. The second-order valence-corrected chi connectivity index (χ2v) is 9.72. The molecule has 5 rings (SSSR count). The Morgan fingerprint density at radius 2 is 1.82 bits per heavy atom. The molecule has 0 radical (unpaired) electrons. The van der Waals surface area contributed by atoms with E-state index in [4.69, 9.17) is 14.7 Å². The van der Waals surface area contributed by atoms with Gasteiger partial charge in [-0.1, -0.05) is 11.2 Å². The van der Waals surface area contributed by atoms with Crippen molar-refractivity contribution >= 4 is 28.6 Å². The summed E-state index contributed by atoms with van der Waals surface area (Å²) in [5.74, 6) is -2.34. The number of fused-ring (bicyclic) bond motifs is 2. The lowest BCUT2D eigenvalue weighted by Crippen LogP contribution is -2.35. The molecule has 1 aliphatic rings. The van der Waals surface area contributed by atoms with Crippen LogP contribution < -0.4 is 5.56 Å². The van der Waals surface area contributed by atoms with Gasteiger partial charge < -0.3 is 24.4 Å². The van der Waals surface area contributed by atoms with E-state index in [9.17, 15) is 18.8 Å². The monoisotopic (exact) mass is 554 g/mol. The molecule has 212 valence electrons. The molecule has 4 heterocycles. The predicted octanol–water partition coefficient (Wildman–Crippen LogP) is 3.19. The number of likely N-dealkylation sites (tertiary alicyclic amines) is 1. The van der Waals surface area contributed by atoms with Crippen molar-refractivity contribution in [3.8, 4) is 0 Å². The highest BCUT2D eigenvalue weighted by atomic mass is 19.1. The second-order valence-electron chi connectivity index (χ2n) is 9.72. The van der Waals surface area contributed by atoms with Gasteiger partial charge in [0.2, 0.25) is 0 Å². The van der Waals surface area contributed by atoms with E-state index in [0.717, 1.165) is 66.0 Å². The van der Waals surface area contributed by atoms with Gasteiger partial charge in [-0.05, 0) is 70.0 Å². The van der Waals surface area contributed by atoms with Crippen molar-refractivity contribution in [3.05, 3.63) is 75.2 Å². The van der Waals surface area contributed by atoms with Crippen molar-refractivity contribution in [1.82, 2.24) is 19.4 Å². The zero-order valence-corrected chi connectivity index (χ0v) is 22.3. The van der Waals surface area contributed by atoms with Crippen LogP contribution in [0.3, 0.4) is 0 Å². The number of aliphatic carboxylic acids is 2. The van der Waals surface area contributed by atoms with Gasteiger partial charge in [0.05, 0.1) is 5.69 Å². The van der Waals surface area contributed by atoms with E-state index in [-0.39, 0.29) is 11.4 Å². The molecular weight excluding hydrogens is 523 g/mol. The van der Waals surface area contributed by atoms with Gasteiger partial charge >= 0.3 is 11.9 Å². The van der Waals surface area contributed by atoms with Crippen molar-refractivity contribution in [1.29, 1.82) is 0 Å². The lowest BCUT2D eigenvalue weighted by Gasteiger charge is -2.31. The molecule has 4 aromatic rings. The van der Waals surface area contributed by atoms with Gasteiger partial charge in [-0.15, -0.1) is 0 Å². The molecule has 0 bridgehead atoms. The summed E-state index contributed by atoms with van der Waals surface area (Å²) in [5, 5.41) is 20.9. The lowest BCUT2D eigenvalue weighted by atomic mass is 9.91. The minimum absolute atomic E-state index is 0.0300. The first-order valence-corrected chi connectivity index (χ1v) is 12.9. The summed E-state index contributed by atoms with van der Waals surface area (Å²) in [7, 11) is 0. The maximum absolute atomic E-state index is 13.4. The molecule has 0 aliphatic carbocycles. The second kappa shape index (κ2) is 12.8. The summed E-state index contributed by atoms with van der Waals surface area (Å²) in [6.45, 7) is 5.46. The van der Waals surface area contributed by atoms with Gasteiger partial charge in [0.1, 0.15) is 24.7 Å². The molecule has 3 aromatic heterocycles. The van der Waals surface area contributed by atoms with E-state index in [1.165, 1.54) is 12.1 Å². The van der Waals surface area contributed by atoms with Crippen molar-refractivity contribution in [2.24, 2.45) is 0 Å². The Hall–Kier alpha value is -4.16. The first-order chi connectivity index (χ1) is 19.1. The van der Waals surface area contributed by atoms with Crippen LogP contribution in [0.1, 0.15) is 41.3 Å². The fraction of sp³-hybridized carbons (Fsp3) is 0.393. The number of ether oxygens (including phenoxy) is 1. The van der Waals surface area contributed by atoms with E-state index in [1.807, 2.05) is 26.0 Å². The molecule has 12 heteroatoms. The third-order valence-corrected chi connectivity index (χ3v) is 6.91. The van der Waals surface area contributed by atoms with Crippen molar-refractivity contribution in [2.75, 3.05) is 32.8 Å². The molecule has 0 saturated carbocycles. The Kier molecular flexibility index (Phi) is 9.22. The van der Waals surface area contributed by atoms with E-state index in [2.05, 4.69) is 19.8 Å². The van der Waals surface area contributed by atoms with Crippen LogP contribution in [0.15, 0.2) is 45.8 Å². The van der Waals surface area contributed by atoms with Crippen LogP contribution >= 0.6 is 0 Å². The third-order valence-electron chi connectivity index (χ3n) is 6.91. The van der Waals surface area contributed by atoms with E-state index in [0.29, 0.717) is 17.9 Å². The molecule has 0 spiro atoms. The quantitative estimate of drug-likeness (QED) is 0.333. The number of nitrogens with zero attached hydrogens (tertiary/aromatic N) is 4. The molecule has 1 aromatic carbocycles. The SMILES string of the molecule is Cc1nc2c(C)cccn2c(=O)c1CCN1CCC(c2noc3cc(F)ccc23)CC1.O=C(O)COCC(=O)O. The molecular formula is C28H31FN4O7. The van der Waals surface area contributed by atoms with E-state index >= 15 is 0 Å². The van der Waals surface area contributed by atoms with Crippen molar-refractivity contribution < 1.29 is 33.5 Å². The number of aromatic nitrogens is 3. The van der Waals surface area contributed by atoms with Crippen LogP contribution in [-0.4, -0.2) is 74.4 Å². The number of carbonyl (C=O) groups is 2. The molecule has 1 aliphatic heterocycles. The smallest absolute Gasteiger partial charge is 0.329 e. The van der Waals surface area contributed by atoms with Crippen molar-refractivity contribution in [2.45, 2.75) is 39.0 Å². The first kappa shape index (κ1) is 28.8. The Morgan fingerprint density at radius 1 is 1.12 bits per heavy atom. The Labute approximate surface area is 228 Å². The minimum Gasteiger partial charge on any atom is -0.480 e. The van der Waals surface area contributed by atoms with Crippen LogP contribution in [-0.2, 0) is 20.7 Å². The average Bonchev–Trinajstić information content (AvgIpc) is 3.32. The van der Waals surface area contributed by atoms with Crippen LogP contribution in [0.4, 0.5) is 4.39 Å². The highest BCUT2D eigenvalue weighted by Crippen LogP contribution is 2.32. The van der Waals surface area contributed by atoms with Crippen LogP contribution in [0.5, 0.6) is 0 Å². The number of piperidine rings is 1. The van der Waals surface area contributed by atoms with Gasteiger partial charge in [0.15, 0.2) is 5.58 Å². The number of carboxylic acids is 2. The first-order valence-electron chi connectivity index (χ1n) is 12.9. The molecule has 1 fully saturated rings. The Bertz CT molecular complexity index is 1560. The summed E-state index contributed by atoms with van der Waals surface area (Å²) >= 11 is 0. The molecule has 0 unspecified atom stereocenters. The summed E-state index contributed by atoms with van der Waals surface area (Å²) in [4.78, 5) is 39.4. The van der Waals surface area contributed by atoms with E-state index in [1.54, 1.807) is 16.7 Å². The highest BCUT2D eigenvalue weighted by Gasteiger charge is 2.25. The zero-order chi connectivity index (χ0) is 28.8. The number of aryl methyl sites for hydroxylation is 2. The molecule has 2 N–H and O–H groups in total. The number of halogens is 1. The van der Waals surface area contributed by atoms with Gasteiger partial charge in [0.25, 0.3) is 5.56 Å². The number of rotatable bonds is 8. The molecule has 1 saturated heterocycles. The van der Waals surface area contributed by atoms with Gasteiger partial charge in [-0.2, -0.15) is 0 Å². The number of pyridine rings is 1. The van der Waals surface area contributed by atoms with Gasteiger partial charge in [-0.25, -0.2) is 19.0 Å². The summed E-state index contributed by atoms with van der Waals surface area (Å²) in [6, 6.07) is 8.46. The minimum atomic E-state index is -1.17. The molecule has 11 nitrogen and oxygen atoms in total. The third kappa shape index (κ3) is 6.88. The topological polar surface area (TPSA) is 147 Å². The van der Waals surface area contributed by atoms with Crippen LogP contribution in [0, 0.1) is 19.7 Å². The standard InChI is InChI=1S/C24H25FN4O2.C4H6O5/c1-15-4-3-10-29-23(15)26-16(2)19(24(29)30)9-13-28-11-7-17(8-12-28)22-20-6-5-18(25)14-21(20)31-27-22;5-3(6)1-9-2-4(7)8/h3-6,10,14,17H,7-9,11-13H2,1-2H3;1-2H2,(H,5,6)(H,7,8). The van der Waals surface area contributed by atoms with Crippen LogP contribution in [0.2, 0.25) is 0 Å². The van der Waals surface area contributed by atoms with Crippen LogP contribution in [0.25, 0.3) is 16.6 Å². The largest absolute Gasteiger partial charge is 0.480 e. The number of hydrogen-bond donors (Lipinski definition) is 2. The molecule has 40 heavy (non-hydrogen) atoms. The van der Waals surface area contributed by atoms with E-state index < -0.39 is 25.2 Å². The average molecular weight is 555 g/mol.